The molecule has 1 aromatic rings. The maximum atomic E-state index is 4.26. The van der Waals surface area contributed by atoms with Crippen molar-refractivity contribution >= 4 is 16.5 Å². The fraction of sp³-hybridized carbons (Fsp3) is 0.700. The summed E-state index contributed by atoms with van der Waals surface area (Å²) in [7, 11) is 0. The van der Waals surface area contributed by atoms with Crippen molar-refractivity contribution in [3.05, 3.63) is 11.6 Å². The fourth-order valence-electron chi connectivity index (χ4n) is 2.04. The van der Waals surface area contributed by atoms with Crippen molar-refractivity contribution < 1.29 is 0 Å². The van der Waals surface area contributed by atoms with Crippen molar-refractivity contribution in [2.24, 2.45) is 5.92 Å². The van der Waals surface area contributed by atoms with Crippen molar-refractivity contribution in [3.63, 3.8) is 0 Å². The minimum absolute atomic E-state index is 0.509. The molecule has 0 aliphatic carbocycles. The average Bonchev–Trinajstić information content (AvgIpc) is 2.64. The van der Waals surface area contributed by atoms with Crippen LogP contribution in [0.15, 0.2) is 11.6 Å². The van der Waals surface area contributed by atoms with Gasteiger partial charge in [-0.15, -0.1) is 11.3 Å². The number of piperidine rings is 1. The van der Waals surface area contributed by atoms with E-state index in [2.05, 4.69) is 29.5 Å². The summed E-state index contributed by atoms with van der Waals surface area (Å²) in [5.74, 6) is 0.718. The molecule has 1 fully saturated rings. The minimum atomic E-state index is 0.509. The monoisotopic (exact) mass is 211 g/mol. The molecule has 2 heterocycles. The number of aromatic nitrogens is 1. The first-order chi connectivity index (χ1) is 6.77. The predicted molar refractivity (Wildman–Crippen MR) is 60.8 cm³/mol. The third-order valence-electron chi connectivity index (χ3n) is 2.94. The van der Waals surface area contributed by atoms with Gasteiger partial charge in [-0.1, -0.05) is 6.92 Å². The van der Waals surface area contributed by atoms with Crippen LogP contribution < -0.4 is 10.6 Å². The van der Waals surface area contributed by atoms with Gasteiger partial charge in [-0.3, -0.25) is 0 Å². The standard InChI is InChI=1S/C10H17N3S/c1-7-3-4-11-8(2)9(7)13-10-12-5-6-14-10/h5-9,11H,3-4H2,1-2H3,(H,12,13). The normalized spacial score (nSPS) is 32.9. The molecule has 0 spiro atoms. The van der Waals surface area contributed by atoms with E-state index in [9.17, 15) is 0 Å². The Morgan fingerprint density at radius 3 is 3.07 bits per heavy atom. The number of anilines is 1. The molecule has 0 radical (unpaired) electrons. The second kappa shape index (κ2) is 4.28. The Kier molecular flexibility index (Phi) is 3.03. The van der Waals surface area contributed by atoms with E-state index >= 15 is 0 Å². The summed E-state index contributed by atoms with van der Waals surface area (Å²) in [6.07, 6.45) is 3.09. The first-order valence-corrected chi connectivity index (χ1v) is 6.05. The van der Waals surface area contributed by atoms with Crippen molar-refractivity contribution in [3.8, 4) is 0 Å². The van der Waals surface area contributed by atoms with Crippen LogP contribution in [-0.4, -0.2) is 23.6 Å². The number of thiazole rings is 1. The van der Waals surface area contributed by atoms with Crippen molar-refractivity contribution in [2.45, 2.75) is 32.4 Å². The van der Waals surface area contributed by atoms with E-state index < -0.39 is 0 Å². The van der Waals surface area contributed by atoms with Gasteiger partial charge < -0.3 is 10.6 Å². The molecule has 78 valence electrons. The van der Waals surface area contributed by atoms with Crippen LogP contribution in [0.25, 0.3) is 0 Å². The zero-order valence-corrected chi connectivity index (χ0v) is 9.47. The average molecular weight is 211 g/mol. The number of nitrogens with zero attached hydrogens (tertiary/aromatic N) is 1. The molecule has 3 nitrogen and oxygen atoms in total. The Morgan fingerprint density at radius 2 is 2.43 bits per heavy atom. The van der Waals surface area contributed by atoms with Gasteiger partial charge in [0, 0.05) is 23.7 Å². The molecule has 0 aromatic carbocycles. The van der Waals surface area contributed by atoms with Crippen LogP contribution in [0.4, 0.5) is 5.13 Å². The molecular weight excluding hydrogens is 194 g/mol. The Balaban J connectivity index is 2.01. The van der Waals surface area contributed by atoms with Gasteiger partial charge in [0.1, 0.15) is 0 Å². The van der Waals surface area contributed by atoms with Crippen LogP contribution in [0.2, 0.25) is 0 Å². The van der Waals surface area contributed by atoms with Gasteiger partial charge in [0.05, 0.1) is 0 Å². The summed E-state index contributed by atoms with van der Waals surface area (Å²) in [5.41, 5.74) is 0. The van der Waals surface area contributed by atoms with Gasteiger partial charge in [0.15, 0.2) is 5.13 Å². The highest BCUT2D eigenvalue weighted by Crippen LogP contribution is 2.21. The minimum Gasteiger partial charge on any atom is -0.357 e. The smallest absolute Gasteiger partial charge is 0.182 e. The second-order valence-electron chi connectivity index (χ2n) is 4.02. The van der Waals surface area contributed by atoms with E-state index in [1.807, 2.05) is 11.6 Å². The van der Waals surface area contributed by atoms with Crippen molar-refractivity contribution in [2.75, 3.05) is 11.9 Å². The highest BCUT2D eigenvalue weighted by molar-refractivity contribution is 7.13. The van der Waals surface area contributed by atoms with Crippen LogP contribution in [-0.2, 0) is 0 Å². The number of nitrogens with one attached hydrogen (secondary N) is 2. The Morgan fingerprint density at radius 1 is 1.57 bits per heavy atom. The highest BCUT2D eigenvalue weighted by Gasteiger charge is 2.27. The number of rotatable bonds is 2. The molecule has 0 saturated carbocycles. The summed E-state index contributed by atoms with van der Waals surface area (Å²) in [6, 6.07) is 1.04. The molecule has 1 aromatic heterocycles. The lowest BCUT2D eigenvalue weighted by Gasteiger charge is -2.35. The molecule has 0 amide bonds. The summed E-state index contributed by atoms with van der Waals surface area (Å²) in [5, 5.41) is 10.0. The number of hydrogen-bond donors (Lipinski definition) is 2. The van der Waals surface area contributed by atoms with E-state index in [4.69, 9.17) is 0 Å². The molecule has 14 heavy (non-hydrogen) atoms. The zero-order chi connectivity index (χ0) is 9.97. The Bertz CT molecular complexity index is 263. The van der Waals surface area contributed by atoms with E-state index in [-0.39, 0.29) is 0 Å². The molecule has 1 aliphatic rings. The van der Waals surface area contributed by atoms with Crippen molar-refractivity contribution in [1.82, 2.24) is 10.3 Å². The van der Waals surface area contributed by atoms with Crippen LogP contribution in [0.3, 0.4) is 0 Å². The van der Waals surface area contributed by atoms with E-state index in [0.717, 1.165) is 17.6 Å². The molecule has 2 rings (SSSR count). The van der Waals surface area contributed by atoms with Gasteiger partial charge >= 0.3 is 0 Å². The molecule has 3 unspecified atom stereocenters. The maximum Gasteiger partial charge on any atom is 0.182 e. The summed E-state index contributed by atoms with van der Waals surface area (Å²) in [6.45, 7) is 5.68. The van der Waals surface area contributed by atoms with Crippen LogP contribution >= 0.6 is 11.3 Å². The third kappa shape index (κ3) is 2.07. The van der Waals surface area contributed by atoms with Gasteiger partial charge in [-0.05, 0) is 25.8 Å². The SMILES string of the molecule is CC1CCNC(C)C1Nc1nccs1. The van der Waals surface area contributed by atoms with Crippen LogP contribution in [0, 0.1) is 5.92 Å². The highest BCUT2D eigenvalue weighted by atomic mass is 32.1. The Labute approximate surface area is 88.9 Å². The topological polar surface area (TPSA) is 37.0 Å². The van der Waals surface area contributed by atoms with Crippen LogP contribution in [0.5, 0.6) is 0 Å². The third-order valence-corrected chi connectivity index (χ3v) is 3.64. The summed E-state index contributed by atoms with van der Waals surface area (Å²) < 4.78 is 0. The molecule has 2 N–H and O–H groups in total. The molecule has 4 heteroatoms. The summed E-state index contributed by atoms with van der Waals surface area (Å²) >= 11 is 1.67. The maximum absolute atomic E-state index is 4.26. The fourth-order valence-corrected chi connectivity index (χ4v) is 2.62. The lowest BCUT2D eigenvalue weighted by Crippen LogP contribution is -2.51. The van der Waals surface area contributed by atoms with E-state index in [1.165, 1.54) is 6.42 Å². The molecule has 1 aliphatic heterocycles. The first kappa shape index (κ1) is 9.93. The van der Waals surface area contributed by atoms with Gasteiger partial charge in [-0.2, -0.15) is 0 Å². The molecule has 3 atom stereocenters. The van der Waals surface area contributed by atoms with Crippen LogP contribution in [0.1, 0.15) is 20.3 Å². The lowest BCUT2D eigenvalue weighted by molar-refractivity contribution is 0.302. The molecule has 0 bridgehead atoms. The van der Waals surface area contributed by atoms with Gasteiger partial charge in [0.2, 0.25) is 0 Å². The quantitative estimate of drug-likeness (QED) is 0.785. The predicted octanol–water partition coefficient (Wildman–Crippen LogP) is 1.94. The molecule has 1 saturated heterocycles. The van der Waals surface area contributed by atoms with E-state index in [0.29, 0.717) is 12.1 Å². The first-order valence-electron chi connectivity index (χ1n) is 5.17. The molecular formula is C10H17N3S. The zero-order valence-electron chi connectivity index (χ0n) is 8.66. The van der Waals surface area contributed by atoms with Gasteiger partial charge in [-0.25, -0.2) is 4.98 Å². The second-order valence-corrected chi connectivity index (χ2v) is 4.91. The van der Waals surface area contributed by atoms with Crippen molar-refractivity contribution in [1.29, 1.82) is 0 Å². The number of hydrogen-bond acceptors (Lipinski definition) is 4. The Hall–Kier alpha value is -0.610. The van der Waals surface area contributed by atoms with E-state index in [1.54, 1.807) is 11.3 Å². The summed E-state index contributed by atoms with van der Waals surface area (Å²) in [4.78, 5) is 4.26. The largest absolute Gasteiger partial charge is 0.357 e. The lowest BCUT2D eigenvalue weighted by atomic mass is 9.89. The van der Waals surface area contributed by atoms with Gasteiger partial charge in [0.25, 0.3) is 0 Å².